The molecule has 1 unspecified atom stereocenters. The maximum atomic E-state index is 12.8. The van der Waals surface area contributed by atoms with E-state index < -0.39 is 12.1 Å². The smallest absolute Gasteiger partial charge is 0.335 e. The molecule has 0 aliphatic carbocycles. The van der Waals surface area contributed by atoms with E-state index in [1.165, 1.54) is 25.2 Å². The molecule has 3 rings (SSSR count). The summed E-state index contributed by atoms with van der Waals surface area (Å²) in [5, 5.41) is 19.9. The number of hydrogen-bond donors (Lipinski definition) is 2. The number of rotatable bonds is 5. The summed E-state index contributed by atoms with van der Waals surface area (Å²) in [4.78, 5) is 25.7. The number of nitrogens with zero attached hydrogens (tertiary/aromatic N) is 1. The fourth-order valence-corrected chi connectivity index (χ4v) is 3.42. The van der Waals surface area contributed by atoms with Crippen molar-refractivity contribution < 1.29 is 29.3 Å². The number of hydrogen-bond acceptors (Lipinski definition) is 5. The van der Waals surface area contributed by atoms with Crippen LogP contribution in [0.15, 0.2) is 36.4 Å². The van der Waals surface area contributed by atoms with Crippen molar-refractivity contribution in [3.63, 3.8) is 0 Å². The Kier molecular flexibility index (Phi) is 5.32. The number of aliphatic hydroxyl groups excluding tert-OH is 1. The Morgan fingerprint density at radius 1 is 1.11 bits per heavy atom. The van der Waals surface area contributed by atoms with Gasteiger partial charge in [-0.25, -0.2) is 4.79 Å². The summed E-state index contributed by atoms with van der Waals surface area (Å²) in [5.41, 5.74) is 1.85. The van der Waals surface area contributed by atoms with Crippen LogP contribution >= 0.6 is 0 Å². The number of aromatic carboxylic acids is 1. The molecular formula is C20H21NO6. The molecule has 1 atom stereocenters. The Morgan fingerprint density at radius 3 is 2.44 bits per heavy atom. The molecule has 1 amide bonds. The fraction of sp³-hybridized carbons (Fsp3) is 0.300. The molecule has 2 N–H and O–H groups in total. The second-order valence-corrected chi connectivity index (χ2v) is 6.29. The van der Waals surface area contributed by atoms with E-state index >= 15 is 0 Å². The van der Waals surface area contributed by atoms with E-state index in [0.29, 0.717) is 28.2 Å². The van der Waals surface area contributed by atoms with Crippen molar-refractivity contribution >= 4 is 11.9 Å². The average Bonchev–Trinajstić information content (AvgIpc) is 2.67. The molecule has 2 aromatic carbocycles. The van der Waals surface area contributed by atoms with Gasteiger partial charge >= 0.3 is 5.97 Å². The Balaban J connectivity index is 1.89. The molecule has 2 aromatic rings. The number of amides is 1. The second kappa shape index (κ2) is 7.67. The Labute approximate surface area is 156 Å². The number of carbonyl (C=O) groups is 2. The van der Waals surface area contributed by atoms with Crippen LogP contribution in [0.3, 0.4) is 0 Å². The zero-order valence-corrected chi connectivity index (χ0v) is 15.1. The third-order valence-corrected chi connectivity index (χ3v) is 4.73. The molecule has 0 fully saturated rings. The monoisotopic (exact) mass is 371 g/mol. The summed E-state index contributed by atoms with van der Waals surface area (Å²) in [6, 6.07) is 9.87. The minimum Gasteiger partial charge on any atom is -0.496 e. The number of carbonyl (C=O) groups excluding carboxylic acids is 1. The molecule has 1 heterocycles. The maximum Gasteiger partial charge on any atom is 0.335 e. The summed E-state index contributed by atoms with van der Waals surface area (Å²) in [6.07, 6.45) is -0.978. The topological polar surface area (TPSA) is 96.3 Å². The molecule has 7 heteroatoms. The molecule has 1 aliphatic rings. The van der Waals surface area contributed by atoms with Crippen LogP contribution in [0, 0.1) is 0 Å². The predicted octanol–water partition coefficient (Wildman–Crippen LogP) is 2.02. The normalized spacial score (nSPS) is 15.8. The van der Waals surface area contributed by atoms with Crippen molar-refractivity contribution in [3.8, 4) is 11.5 Å². The van der Waals surface area contributed by atoms with Gasteiger partial charge in [0.05, 0.1) is 32.7 Å². The van der Waals surface area contributed by atoms with Crippen molar-refractivity contribution in [2.75, 3.05) is 20.8 Å². The van der Waals surface area contributed by atoms with Gasteiger partial charge in [0.15, 0.2) is 0 Å². The molecular weight excluding hydrogens is 350 g/mol. The summed E-state index contributed by atoms with van der Waals surface area (Å²) in [5.74, 6) is -0.234. The summed E-state index contributed by atoms with van der Waals surface area (Å²) in [7, 11) is 3.05. The van der Waals surface area contributed by atoms with Crippen LogP contribution in [0.5, 0.6) is 11.5 Å². The molecule has 142 valence electrons. The van der Waals surface area contributed by atoms with Gasteiger partial charge in [0.25, 0.3) is 0 Å². The van der Waals surface area contributed by atoms with Gasteiger partial charge in [0.1, 0.15) is 17.6 Å². The van der Waals surface area contributed by atoms with Crippen LogP contribution in [-0.2, 0) is 17.8 Å². The Hall–Kier alpha value is -3.06. The van der Waals surface area contributed by atoms with Gasteiger partial charge in [-0.3, -0.25) is 4.79 Å². The van der Waals surface area contributed by atoms with Gasteiger partial charge < -0.3 is 24.6 Å². The minimum atomic E-state index is -1.08. The standard InChI is InChI=1S/C20H21NO6/c1-26-16-7-8-17(27-2)19-14(16)10-21(11-15(19)22)18(23)9-12-5-3-4-6-13(12)20(24)25/h3-8,15,22H,9-11H2,1-2H3,(H,24,25). The first kappa shape index (κ1) is 18.7. The fourth-order valence-electron chi connectivity index (χ4n) is 3.42. The molecule has 0 saturated carbocycles. The number of carboxylic acids is 1. The largest absolute Gasteiger partial charge is 0.496 e. The van der Waals surface area contributed by atoms with Gasteiger partial charge in [-0.15, -0.1) is 0 Å². The lowest BCUT2D eigenvalue weighted by Crippen LogP contribution is -2.39. The van der Waals surface area contributed by atoms with Gasteiger partial charge in [-0.2, -0.15) is 0 Å². The Bertz CT molecular complexity index is 879. The first-order valence-electron chi connectivity index (χ1n) is 8.47. The Morgan fingerprint density at radius 2 is 1.78 bits per heavy atom. The van der Waals surface area contributed by atoms with E-state index in [0.717, 1.165) is 0 Å². The highest BCUT2D eigenvalue weighted by molar-refractivity contribution is 5.91. The quantitative estimate of drug-likeness (QED) is 0.835. The van der Waals surface area contributed by atoms with Crippen LogP contribution in [0.4, 0.5) is 0 Å². The van der Waals surface area contributed by atoms with E-state index in [1.807, 2.05) is 0 Å². The molecule has 0 aromatic heterocycles. The van der Waals surface area contributed by atoms with E-state index in [1.54, 1.807) is 30.3 Å². The highest BCUT2D eigenvalue weighted by Gasteiger charge is 2.32. The maximum absolute atomic E-state index is 12.8. The van der Waals surface area contributed by atoms with E-state index in [9.17, 15) is 19.8 Å². The number of methoxy groups -OCH3 is 2. The molecule has 0 saturated heterocycles. The second-order valence-electron chi connectivity index (χ2n) is 6.29. The lowest BCUT2D eigenvalue weighted by molar-refractivity contribution is -0.133. The van der Waals surface area contributed by atoms with E-state index in [-0.39, 0.29) is 31.0 Å². The van der Waals surface area contributed by atoms with Crippen molar-refractivity contribution in [3.05, 3.63) is 58.7 Å². The molecule has 0 radical (unpaired) electrons. The van der Waals surface area contributed by atoms with Gasteiger partial charge in [0.2, 0.25) is 5.91 Å². The lowest BCUT2D eigenvalue weighted by Gasteiger charge is -2.34. The zero-order valence-electron chi connectivity index (χ0n) is 15.1. The van der Waals surface area contributed by atoms with Crippen LogP contribution in [0.2, 0.25) is 0 Å². The van der Waals surface area contributed by atoms with Crippen LogP contribution in [-0.4, -0.2) is 47.8 Å². The summed E-state index contributed by atoms with van der Waals surface area (Å²) >= 11 is 0. The van der Waals surface area contributed by atoms with Gasteiger partial charge in [0, 0.05) is 17.7 Å². The SMILES string of the molecule is COc1ccc(OC)c2c1CN(C(=O)Cc1ccccc1C(=O)O)CC2O. The number of ether oxygens (including phenoxy) is 2. The molecule has 0 spiro atoms. The number of aliphatic hydroxyl groups is 1. The van der Waals surface area contributed by atoms with Crippen molar-refractivity contribution in [1.82, 2.24) is 4.90 Å². The summed E-state index contributed by atoms with van der Waals surface area (Å²) in [6.45, 7) is 0.353. The molecule has 7 nitrogen and oxygen atoms in total. The van der Waals surface area contributed by atoms with E-state index in [4.69, 9.17) is 9.47 Å². The first-order valence-corrected chi connectivity index (χ1v) is 8.47. The number of benzene rings is 2. The number of carboxylic acid groups (broad SMARTS) is 1. The van der Waals surface area contributed by atoms with Crippen LogP contribution in [0.1, 0.15) is 33.2 Å². The van der Waals surface area contributed by atoms with Crippen molar-refractivity contribution in [2.45, 2.75) is 19.1 Å². The van der Waals surface area contributed by atoms with Crippen LogP contribution in [0.25, 0.3) is 0 Å². The van der Waals surface area contributed by atoms with Crippen molar-refractivity contribution in [1.29, 1.82) is 0 Å². The van der Waals surface area contributed by atoms with Crippen molar-refractivity contribution in [2.24, 2.45) is 0 Å². The first-order chi connectivity index (χ1) is 13.0. The van der Waals surface area contributed by atoms with E-state index in [2.05, 4.69) is 0 Å². The zero-order chi connectivity index (χ0) is 19.6. The molecule has 0 bridgehead atoms. The van der Waals surface area contributed by atoms with Crippen LogP contribution < -0.4 is 9.47 Å². The highest BCUT2D eigenvalue weighted by Crippen LogP contribution is 2.39. The average molecular weight is 371 g/mol. The summed E-state index contributed by atoms with van der Waals surface area (Å²) < 4.78 is 10.7. The number of β-amino-alcohol motifs (C(OH)–C–C–N with tert-alkyl or cyclic N) is 1. The highest BCUT2D eigenvalue weighted by atomic mass is 16.5. The molecule has 1 aliphatic heterocycles. The predicted molar refractivity (Wildman–Crippen MR) is 97.0 cm³/mol. The van der Waals surface area contributed by atoms with Gasteiger partial charge in [-0.05, 0) is 23.8 Å². The minimum absolute atomic E-state index is 0.0587. The third kappa shape index (κ3) is 3.59. The third-order valence-electron chi connectivity index (χ3n) is 4.73. The lowest BCUT2D eigenvalue weighted by atomic mass is 9.94. The number of fused-ring (bicyclic) bond motifs is 1. The molecule has 27 heavy (non-hydrogen) atoms. The van der Waals surface area contributed by atoms with Gasteiger partial charge in [-0.1, -0.05) is 18.2 Å².